The second kappa shape index (κ2) is 11.3. The summed E-state index contributed by atoms with van der Waals surface area (Å²) in [6.45, 7) is 5.86. The quantitative estimate of drug-likeness (QED) is 0.229. The fraction of sp³-hybridized carbons (Fsp3) is 0.769. The van der Waals surface area contributed by atoms with Gasteiger partial charge in [-0.15, -0.1) is 0 Å². The molecule has 0 radical (unpaired) electrons. The van der Waals surface area contributed by atoms with Gasteiger partial charge in [0.15, 0.2) is 0 Å². The fourth-order valence-electron chi connectivity index (χ4n) is 1.44. The van der Waals surface area contributed by atoms with Gasteiger partial charge in [0.1, 0.15) is 12.6 Å². The highest BCUT2D eigenvalue weighted by molar-refractivity contribution is 7.80. The van der Waals surface area contributed by atoms with Crippen molar-refractivity contribution in [3.63, 3.8) is 0 Å². The van der Waals surface area contributed by atoms with Crippen LogP contribution in [0.3, 0.4) is 0 Å². The Labute approximate surface area is 136 Å². The van der Waals surface area contributed by atoms with Crippen molar-refractivity contribution in [3.8, 4) is 0 Å². The first kappa shape index (κ1) is 20.7. The second-order valence-corrected chi connectivity index (χ2v) is 5.62. The van der Waals surface area contributed by atoms with Gasteiger partial charge in [-0.3, -0.25) is 14.4 Å². The average molecular weight is 334 g/mol. The molecule has 5 N–H and O–H groups in total. The number of hydrogen-bond acceptors (Lipinski definition) is 7. The predicted molar refractivity (Wildman–Crippen MR) is 86.5 cm³/mol. The van der Waals surface area contributed by atoms with Crippen LogP contribution in [0.15, 0.2) is 0 Å². The minimum atomic E-state index is -0.995. The summed E-state index contributed by atoms with van der Waals surface area (Å²) in [5.41, 5.74) is 5.74. The van der Waals surface area contributed by atoms with Crippen LogP contribution >= 0.6 is 12.6 Å². The van der Waals surface area contributed by atoms with Crippen molar-refractivity contribution in [2.24, 2.45) is 5.73 Å². The van der Waals surface area contributed by atoms with Gasteiger partial charge in [-0.05, 0) is 6.92 Å². The van der Waals surface area contributed by atoms with Crippen molar-refractivity contribution in [3.05, 3.63) is 0 Å². The van der Waals surface area contributed by atoms with Gasteiger partial charge in [0.25, 0.3) is 6.47 Å². The Hall–Kier alpha value is -1.32. The number of carbonyl (C=O) groups is 3. The summed E-state index contributed by atoms with van der Waals surface area (Å²) in [5.74, 6) is -0.513. The zero-order valence-electron chi connectivity index (χ0n) is 13.2. The summed E-state index contributed by atoms with van der Waals surface area (Å²) in [6, 6.07) is -1.79. The maximum Gasteiger partial charge on any atom is 0.293 e. The highest BCUT2D eigenvalue weighted by atomic mass is 32.1. The van der Waals surface area contributed by atoms with Crippen LogP contribution in [-0.4, -0.2) is 61.4 Å². The molecular formula is C13H26N4O4S. The van der Waals surface area contributed by atoms with E-state index in [2.05, 4.69) is 33.3 Å². The lowest BCUT2D eigenvalue weighted by Crippen LogP contribution is -2.56. The number of ether oxygens (including phenoxy) is 1. The number of carbonyl (C=O) groups excluding carboxylic acids is 3. The third-order valence-corrected chi connectivity index (χ3v) is 3.26. The maximum atomic E-state index is 12.0. The minimum Gasteiger partial charge on any atom is -0.465 e. The van der Waals surface area contributed by atoms with Crippen LogP contribution in [0.5, 0.6) is 0 Å². The van der Waals surface area contributed by atoms with Crippen LogP contribution < -0.4 is 21.7 Å². The molecule has 0 bridgehead atoms. The maximum absolute atomic E-state index is 12.0. The molecule has 0 heterocycles. The topological polar surface area (TPSA) is 123 Å². The first-order valence-corrected chi connectivity index (χ1v) is 7.70. The van der Waals surface area contributed by atoms with Crippen molar-refractivity contribution in [1.29, 1.82) is 0 Å². The van der Waals surface area contributed by atoms with Gasteiger partial charge in [0.2, 0.25) is 11.8 Å². The van der Waals surface area contributed by atoms with Crippen LogP contribution in [0.1, 0.15) is 20.8 Å². The number of amides is 2. The summed E-state index contributed by atoms with van der Waals surface area (Å²) >= 11 is 4.06. The molecule has 0 aliphatic heterocycles. The van der Waals surface area contributed by atoms with E-state index in [0.29, 0.717) is 5.75 Å². The Bertz CT molecular complexity index is 368. The number of nitrogens with one attached hydrogen (secondary N) is 3. The highest BCUT2D eigenvalue weighted by Gasteiger charge is 2.25. The van der Waals surface area contributed by atoms with Crippen molar-refractivity contribution >= 4 is 30.9 Å². The van der Waals surface area contributed by atoms with Gasteiger partial charge >= 0.3 is 0 Å². The zero-order valence-corrected chi connectivity index (χ0v) is 14.1. The van der Waals surface area contributed by atoms with Gasteiger partial charge in [-0.25, -0.2) is 0 Å². The Morgan fingerprint density at radius 3 is 2.36 bits per heavy atom. The highest BCUT2D eigenvalue weighted by Crippen LogP contribution is 1.93. The van der Waals surface area contributed by atoms with E-state index in [9.17, 15) is 14.4 Å². The van der Waals surface area contributed by atoms with E-state index < -0.39 is 23.9 Å². The SMILES string of the molecule is CC(C)NCC(N)C(=O)NC(COC=O)C(=O)NC(C)CS. The van der Waals surface area contributed by atoms with Crippen molar-refractivity contribution in [2.75, 3.05) is 18.9 Å². The van der Waals surface area contributed by atoms with Gasteiger partial charge in [-0.2, -0.15) is 12.6 Å². The van der Waals surface area contributed by atoms with E-state index in [1.165, 1.54) is 0 Å². The van der Waals surface area contributed by atoms with E-state index in [0.717, 1.165) is 0 Å². The van der Waals surface area contributed by atoms with E-state index >= 15 is 0 Å². The van der Waals surface area contributed by atoms with Crippen LogP contribution in [-0.2, 0) is 19.1 Å². The second-order valence-electron chi connectivity index (χ2n) is 5.25. The molecule has 0 saturated heterocycles. The Morgan fingerprint density at radius 2 is 1.86 bits per heavy atom. The lowest BCUT2D eigenvalue weighted by atomic mass is 10.2. The van der Waals surface area contributed by atoms with Crippen LogP contribution in [0.25, 0.3) is 0 Å². The summed E-state index contributed by atoms with van der Waals surface area (Å²) in [6.07, 6.45) is 0. The van der Waals surface area contributed by atoms with Crippen LogP contribution in [0.4, 0.5) is 0 Å². The first-order chi connectivity index (χ1) is 10.3. The molecule has 0 aromatic carbocycles. The monoisotopic (exact) mass is 334 g/mol. The number of rotatable bonds is 11. The molecule has 2 amide bonds. The Balaban J connectivity index is 4.58. The zero-order chi connectivity index (χ0) is 17.1. The Morgan fingerprint density at radius 1 is 1.23 bits per heavy atom. The molecule has 0 spiro atoms. The molecule has 9 heteroatoms. The minimum absolute atomic E-state index is 0.178. The lowest BCUT2D eigenvalue weighted by Gasteiger charge is -2.22. The van der Waals surface area contributed by atoms with E-state index in [1.54, 1.807) is 6.92 Å². The molecule has 8 nitrogen and oxygen atoms in total. The molecular weight excluding hydrogens is 308 g/mol. The van der Waals surface area contributed by atoms with Gasteiger partial charge < -0.3 is 26.4 Å². The molecule has 0 aliphatic rings. The van der Waals surface area contributed by atoms with Crippen molar-refractivity contribution in [2.45, 2.75) is 44.9 Å². The third-order valence-electron chi connectivity index (χ3n) is 2.71. The number of thiol groups is 1. The van der Waals surface area contributed by atoms with Gasteiger partial charge in [-0.1, -0.05) is 13.8 Å². The molecule has 0 aromatic heterocycles. The Kier molecular flexibility index (Phi) is 10.6. The molecule has 0 aromatic rings. The summed E-state index contributed by atoms with van der Waals surface area (Å²) < 4.78 is 4.58. The van der Waals surface area contributed by atoms with E-state index in [4.69, 9.17) is 5.73 Å². The molecule has 0 aliphatic carbocycles. The summed E-state index contributed by atoms with van der Waals surface area (Å²) in [7, 11) is 0. The third kappa shape index (κ3) is 8.85. The van der Waals surface area contributed by atoms with Gasteiger partial charge in [0, 0.05) is 24.4 Å². The molecule has 0 fully saturated rings. The first-order valence-electron chi connectivity index (χ1n) is 7.07. The van der Waals surface area contributed by atoms with E-state index in [1.807, 2.05) is 13.8 Å². The molecule has 22 heavy (non-hydrogen) atoms. The van der Waals surface area contributed by atoms with Crippen molar-refractivity contribution < 1.29 is 19.1 Å². The molecule has 3 unspecified atom stereocenters. The van der Waals surface area contributed by atoms with E-state index in [-0.39, 0.29) is 31.7 Å². The predicted octanol–water partition coefficient (Wildman–Crippen LogP) is -1.60. The smallest absolute Gasteiger partial charge is 0.293 e. The van der Waals surface area contributed by atoms with Crippen molar-refractivity contribution in [1.82, 2.24) is 16.0 Å². The molecule has 128 valence electrons. The van der Waals surface area contributed by atoms with Crippen LogP contribution in [0.2, 0.25) is 0 Å². The summed E-state index contributed by atoms with van der Waals surface area (Å²) in [4.78, 5) is 34.3. The largest absolute Gasteiger partial charge is 0.465 e. The standard InChI is InChI=1S/C13H26N4O4S/c1-8(2)15-4-10(14)12(19)17-11(5-21-7-18)13(20)16-9(3)6-22/h7-11,15,22H,4-6,14H2,1-3H3,(H,16,20)(H,17,19). The van der Waals surface area contributed by atoms with Crippen LogP contribution in [0, 0.1) is 0 Å². The molecule has 0 rings (SSSR count). The number of hydrogen-bond donors (Lipinski definition) is 5. The molecule has 0 saturated carbocycles. The summed E-state index contributed by atoms with van der Waals surface area (Å²) in [5, 5.41) is 8.16. The normalized spacial score (nSPS) is 14.8. The lowest BCUT2D eigenvalue weighted by molar-refractivity contribution is -0.136. The average Bonchev–Trinajstić information content (AvgIpc) is 2.48. The molecule has 3 atom stereocenters. The van der Waals surface area contributed by atoms with Gasteiger partial charge in [0.05, 0.1) is 6.04 Å². The fourth-order valence-corrected chi connectivity index (χ4v) is 1.53. The number of nitrogens with two attached hydrogens (primary N) is 1.